The van der Waals surface area contributed by atoms with Gasteiger partial charge in [-0.25, -0.2) is 0 Å². The lowest BCUT2D eigenvalue weighted by Gasteiger charge is -2.26. The van der Waals surface area contributed by atoms with Crippen molar-refractivity contribution in [2.45, 2.75) is 52.6 Å². The second kappa shape index (κ2) is 8.29. The van der Waals surface area contributed by atoms with Gasteiger partial charge in [-0.2, -0.15) is 5.10 Å². The summed E-state index contributed by atoms with van der Waals surface area (Å²) in [6.07, 6.45) is 4.09. The molecular formula is C16H28N4O2. The summed E-state index contributed by atoms with van der Waals surface area (Å²) in [5, 5.41) is 16.8. The lowest BCUT2D eigenvalue weighted by Crippen LogP contribution is -2.37. The lowest BCUT2D eigenvalue weighted by molar-refractivity contribution is -0.131. The van der Waals surface area contributed by atoms with Crippen LogP contribution in [0.4, 0.5) is 0 Å². The van der Waals surface area contributed by atoms with Gasteiger partial charge >= 0.3 is 0 Å². The first-order valence-corrected chi connectivity index (χ1v) is 8.25. The third-order valence-corrected chi connectivity index (χ3v) is 4.37. The number of aliphatic hydroxyl groups is 1. The van der Waals surface area contributed by atoms with E-state index in [0.29, 0.717) is 19.5 Å². The molecule has 1 aromatic rings. The fourth-order valence-electron chi connectivity index (χ4n) is 3.01. The molecule has 1 saturated heterocycles. The zero-order valence-electron chi connectivity index (χ0n) is 13.8. The monoisotopic (exact) mass is 308 g/mol. The predicted molar refractivity (Wildman–Crippen MR) is 85.5 cm³/mol. The van der Waals surface area contributed by atoms with Gasteiger partial charge in [0, 0.05) is 43.9 Å². The molecule has 0 saturated carbocycles. The molecule has 0 radical (unpaired) electrons. The third-order valence-electron chi connectivity index (χ3n) is 4.37. The minimum Gasteiger partial charge on any atom is -0.394 e. The van der Waals surface area contributed by atoms with Gasteiger partial charge < -0.3 is 15.3 Å². The predicted octanol–water partition coefficient (Wildman–Crippen LogP) is 0.984. The summed E-state index contributed by atoms with van der Waals surface area (Å²) in [5.41, 5.74) is 3.24. The van der Waals surface area contributed by atoms with Crippen molar-refractivity contribution in [2.24, 2.45) is 0 Å². The number of piperidine rings is 1. The zero-order valence-corrected chi connectivity index (χ0v) is 13.8. The Kier molecular flexibility index (Phi) is 6.39. The molecule has 1 aliphatic rings. The van der Waals surface area contributed by atoms with Crippen LogP contribution >= 0.6 is 0 Å². The summed E-state index contributed by atoms with van der Waals surface area (Å²) >= 11 is 0. The number of hydrogen-bond donors (Lipinski definition) is 2. The van der Waals surface area contributed by atoms with E-state index in [0.717, 1.165) is 43.9 Å². The van der Waals surface area contributed by atoms with Crippen LogP contribution in [0.5, 0.6) is 0 Å². The third kappa shape index (κ3) is 4.30. The molecule has 0 bridgehead atoms. The second-order valence-corrected chi connectivity index (χ2v) is 5.96. The van der Waals surface area contributed by atoms with Gasteiger partial charge in [0.25, 0.3) is 0 Å². The number of carbonyl (C=O) groups excluding carboxylic acids is 1. The Morgan fingerprint density at radius 1 is 1.27 bits per heavy atom. The summed E-state index contributed by atoms with van der Waals surface area (Å²) in [5.74, 6) is 0.261. The summed E-state index contributed by atoms with van der Waals surface area (Å²) in [4.78, 5) is 14.1. The van der Waals surface area contributed by atoms with Gasteiger partial charge in [0.2, 0.25) is 5.91 Å². The molecule has 0 unspecified atom stereocenters. The first-order chi connectivity index (χ1) is 10.6. The van der Waals surface area contributed by atoms with Crippen molar-refractivity contribution >= 4 is 5.91 Å². The standard InChI is InChI=1S/C16H28N4O2/c1-13-15(14(2)20(18-13)10-11-21)12-17-7-6-16(22)19-8-4-3-5-9-19/h17,21H,3-12H2,1-2H3. The summed E-state index contributed by atoms with van der Waals surface area (Å²) in [6, 6.07) is 0. The largest absolute Gasteiger partial charge is 0.394 e. The van der Waals surface area contributed by atoms with Gasteiger partial charge in [-0.05, 0) is 33.1 Å². The van der Waals surface area contributed by atoms with Crippen LogP contribution in [0.2, 0.25) is 0 Å². The number of nitrogens with one attached hydrogen (secondary N) is 1. The average molecular weight is 308 g/mol. The molecule has 2 N–H and O–H groups in total. The van der Waals surface area contributed by atoms with Crippen LogP contribution in [0, 0.1) is 13.8 Å². The van der Waals surface area contributed by atoms with Crippen molar-refractivity contribution in [3.63, 3.8) is 0 Å². The SMILES string of the molecule is Cc1nn(CCO)c(C)c1CNCCC(=O)N1CCCCC1. The summed E-state index contributed by atoms with van der Waals surface area (Å²) < 4.78 is 1.84. The van der Waals surface area contributed by atoms with Gasteiger partial charge in [0.15, 0.2) is 0 Å². The van der Waals surface area contributed by atoms with Crippen molar-refractivity contribution in [1.82, 2.24) is 20.0 Å². The van der Waals surface area contributed by atoms with Crippen LogP contribution in [-0.2, 0) is 17.9 Å². The molecule has 6 nitrogen and oxygen atoms in total. The highest BCUT2D eigenvalue weighted by Crippen LogP contribution is 2.13. The highest BCUT2D eigenvalue weighted by atomic mass is 16.3. The smallest absolute Gasteiger partial charge is 0.223 e. The molecule has 0 aliphatic carbocycles. The Hall–Kier alpha value is -1.40. The molecule has 1 aromatic heterocycles. The van der Waals surface area contributed by atoms with Gasteiger partial charge in [0.05, 0.1) is 18.8 Å². The molecule has 1 amide bonds. The van der Waals surface area contributed by atoms with Crippen LogP contribution in [-0.4, -0.2) is 51.9 Å². The Labute approximate surface area is 132 Å². The van der Waals surface area contributed by atoms with E-state index in [-0.39, 0.29) is 12.5 Å². The van der Waals surface area contributed by atoms with Gasteiger partial charge in [0.1, 0.15) is 0 Å². The minimum absolute atomic E-state index is 0.0964. The Balaban J connectivity index is 1.75. The molecule has 0 atom stereocenters. The number of hydrogen-bond acceptors (Lipinski definition) is 4. The van der Waals surface area contributed by atoms with E-state index in [1.807, 2.05) is 23.4 Å². The highest BCUT2D eigenvalue weighted by molar-refractivity contribution is 5.76. The molecule has 2 heterocycles. The summed E-state index contributed by atoms with van der Waals surface area (Å²) in [7, 11) is 0. The maximum Gasteiger partial charge on any atom is 0.223 e. The van der Waals surface area contributed by atoms with Crippen LogP contribution in [0.3, 0.4) is 0 Å². The van der Waals surface area contributed by atoms with E-state index >= 15 is 0 Å². The van der Waals surface area contributed by atoms with E-state index in [1.54, 1.807) is 0 Å². The quantitative estimate of drug-likeness (QED) is 0.737. The number of carbonyl (C=O) groups is 1. The number of aromatic nitrogens is 2. The fraction of sp³-hybridized carbons (Fsp3) is 0.750. The van der Waals surface area contributed by atoms with Crippen molar-refractivity contribution in [1.29, 1.82) is 0 Å². The highest BCUT2D eigenvalue weighted by Gasteiger charge is 2.16. The fourth-order valence-corrected chi connectivity index (χ4v) is 3.01. The van der Waals surface area contributed by atoms with Gasteiger partial charge in [-0.15, -0.1) is 0 Å². The molecule has 1 fully saturated rings. The van der Waals surface area contributed by atoms with Gasteiger partial charge in [-0.1, -0.05) is 0 Å². The molecular weight excluding hydrogens is 280 g/mol. The molecule has 0 aromatic carbocycles. The number of nitrogens with zero attached hydrogens (tertiary/aromatic N) is 3. The van der Waals surface area contributed by atoms with Crippen LogP contribution in [0.1, 0.15) is 42.6 Å². The molecule has 2 rings (SSSR count). The maximum absolute atomic E-state index is 12.1. The van der Waals surface area contributed by atoms with E-state index in [4.69, 9.17) is 5.11 Å². The van der Waals surface area contributed by atoms with Gasteiger partial charge in [-0.3, -0.25) is 9.48 Å². The summed E-state index contributed by atoms with van der Waals surface area (Å²) in [6.45, 7) is 7.88. The van der Waals surface area contributed by atoms with E-state index < -0.39 is 0 Å². The lowest BCUT2D eigenvalue weighted by atomic mass is 10.1. The van der Waals surface area contributed by atoms with E-state index in [2.05, 4.69) is 10.4 Å². The van der Waals surface area contributed by atoms with Crippen LogP contribution in [0.25, 0.3) is 0 Å². The van der Waals surface area contributed by atoms with E-state index in [1.165, 1.54) is 12.0 Å². The Morgan fingerprint density at radius 3 is 2.68 bits per heavy atom. The molecule has 0 spiro atoms. The first kappa shape index (κ1) is 17.0. The van der Waals surface area contributed by atoms with Crippen LogP contribution in [0.15, 0.2) is 0 Å². The van der Waals surface area contributed by atoms with Crippen LogP contribution < -0.4 is 5.32 Å². The average Bonchev–Trinajstić information content (AvgIpc) is 2.79. The number of aryl methyl sites for hydroxylation is 1. The number of likely N-dealkylation sites (tertiary alicyclic amines) is 1. The molecule has 124 valence electrons. The van der Waals surface area contributed by atoms with Crippen molar-refractivity contribution < 1.29 is 9.90 Å². The van der Waals surface area contributed by atoms with Crippen molar-refractivity contribution in [3.8, 4) is 0 Å². The normalized spacial score (nSPS) is 15.3. The van der Waals surface area contributed by atoms with E-state index in [9.17, 15) is 4.79 Å². The maximum atomic E-state index is 12.1. The number of aliphatic hydroxyl groups excluding tert-OH is 1. The number of amides is 1. The molecule has 22 heavy (non-hydrogen) atoms. The van der Waals surface area contributed by atoms with Crippen molar-refractivity contribution in [3.05, 3.63) is 17.0 Å². The second-order valence-electron chi connectivity index (χ2n) is 5.96. The minimum atomic E-state index is 0.0964. The zero-order chi connectivity index (χ0) is 15.9. The number of rotatable bonds is 7. The topological polar surface area (TPSA) is 70.4 Å². The van der Waals surface area contributed by atoms with Crippen molar-refractivity contribution in [2.75, 3.05) is 26.2 Å². The molecule has 1 aliphatic heterocycles. The first-order valence-electron chi connectivity index (χ1n) is 8.25. The Bertz CT molecular complexity index is 493. The Morgan fingerprint density at radius 2 is 2.00 bits per heavy atom. The molecule has 6 heteroatoms.